The van der Waals surface area contributed by atoms with E-state index < -0.39 is 0 Å². The zero-order chi connectivity index (χ0) is 15.0. The van der Waals surface area contributed by atoms with Crippen LogP contribution in [0.15, 0.2) is 12.1 Å². The van der Waals surface area contributed by atoms with E-state index in [1.54, 1.807) is 0 Å². The van der Waals surface area contributed by atoms with E-state index >= 15 is 0 Å². The zero-order valence-electron chi connectivity index (χ0n) is 13.5. The number of piperidine rings is 1. The summed E-state index contributed by atoms with van der Waals surface area (Å²) in [4.78, 5) is 2.62. The van der Waals surface area contributed by atoms with Gasteiger partial charge in [0.15, 0.2) is 0 Å². The molecule has 0 radical (unpaired) electrons. The molecule has 3 nitrogen and oxygen atoms in total. The highest BCUT2D eigenvalue weighted by Crippen LogP contribution is 2.49. The summed E-state index contributed by atoms with van der Waals surface area (Å²) >= 11 is 0. The van der Waals surface area contributed by atoms with Crippen molar-refractivity contribution in [3.05, 3.63) is 28.8 Å². The summed E-state index contributed by atoms with van der Waals surface area (Å²) in [5.74, 6) is 1.80. The monoisotopic (exact) mass is 288 g/mol. The highest BCUT2D eigenvalue weighted by Gasteiger charge is 2.37. The van der Waals surface area contributed by atoms with Crippen molar-refractivity contribution in [2.24, 2.45) is 5.92 Å². The molecule has 1 fully saturated rings. The SMILES string of the molecule is CNCC1CCCN(C2CC(C)c3c(C)ccc(O)c32)C1. The zero-order valence-corrected chi connectivity index (χ0v) is 13.5. The molecule has 0 bridgehead atoms. The number of nitrogens with one attached hydrogen (secondary N) is 1. The third-order valence-corrected chi connectivity index (χ3v) is 5.37. The van der Waals surface area contributed by atoms with Crippen LogP contribution in [0, 0.1) is 12.8 Å². The number of hydrogen-bond acceptors (Lipinski definition) is 3. The molecule has 2 aliphatic rings. The van der Waals surface area contributed by atoms with Crippen LogP contribution in [-0.4, -0.2) is 36.7 Å². The summed E-state index contributed by atoms with van der Waals surface area (Å²) in [6, 6.07) is 4.36. The number of aromatic hydroxyl groups is 1. The Hall–Kier alpha value is -1.06. The van der Waals surface area contributed by atoms with Crippen LogP contribution >= 0.6 is 0 Å². The first kappa shape index (κ1) is 14.9. The molecule has 21 heavy (non-hydrogen) atoms. The van der Waals surface area contributed by atoms with E-state index in [1.165, 1.54) is 36.1 Å². The van der Waals surface area contributed by atoms with Crippen LogP contribution in [0.3, 0.4) is 0 Å². The van der Waals surface area contributed by atoms with Gasteiger partial charge < -0.3 is 10.4 Å². The van der Waals surface area contributed by atoms with Crippen molar-refractivity contribution in [2.75, 3.05) is 26.7 Å². The summed E-state index contributed by atoms with van der Waals surface area (Å²) in [7, 11) is 2.04. The Morgan fingerprint density at radius 3 is 2.90 bits per heavy atom. The van der Waals surface area contributed by atoms with E-state index in [0.29, 0.717) is 17.7 Å². The topological polar surface area (TPSA) is 35.5 Å². The number of rotatable bonds is 3. The molecular formula is C18H28N2O. The first-order valence-corrected chi connectivity index (χ1v) is 8.32. The van der Waals surface area contributed by atoms with E-state index in [0.717, 1.165) is 25.4 Å². The standard InChI is InChI=1S/C18H28N2O/c1-12-6-7-16(21)18-15(9-13(2)17(12)18)20-8-4-5-14(11-20)10-19-3/h6-7,13-15,19,21H,4-5,8-11H2,1-3H3. The smallest absolute Gasteiger partial charge is 0.120 e. The number of benzene rings is 1. The van der Waals surface area contributed by atoms with Crippen LogP contribution < -0.4 is 5.32 Å². The van der Waals surface area contributed by atoms with E-state index in [2.05, 4.69) is 30.1 Å². The van der Waals surface area contributed by atoms with Crippen molar-refractivity contribution in [1.29, 1.82) is 0 Å². The summed E-state index contributed by atoms with van der Waals surface area (Å²) in [6.45, 7) is 7.92. The van der Waals surface area contributed by atoms with E-state index in [9.17, 15) is 5.11 Å². The highest BCUT2D eigenvalue weighted by molar-refractivity contribution is 5.51. The third kappa shape index (κ3) is 2.69. The molecule has 2 N–H and O–H groups in total. The Kier molecular flexibility index (Phi) is 4.23. The lowest BCUT2D eigenvalue weighted by atomic mass is 9.94. The van der Waals surface area contributed by atoms with Gasteiger partial charge in [-0.2, -0.15) is 0 Å². The second-order valence-electron chi connectivity index (χ2n) is 6.94. The van der Waals surface area contributed by atoms with E-state index in [4.69, 9.17) is 0 Å². The van der Waals surface area contributed by atoms with Gasteiger partial charge in [-0.05, 0) is 75.4 Å². The van der Waals surface area contributed by atoms with Crippen molar-refractivity contribution >= 4 is 0 Å². The van der Waals surface area contributed by atoms with Gasteiger partial charge >= 0.3 is 0 Å². The molecule has 1 aliphatic carbocycles. The van der Waals surface area contributed by atoms with E-state index in [1.807, 2.05) is 13.1 Å². The molecule has 1 saturated heterocycles. The lowest BCUT2D eigenvalue weighted by Crippen LogP contribution is -2.40. The molecule has 3 rings (SSSR count). The molecule has 1 aliphatic heterocycles. The molecule has 3 unspecified atom stereocenters. The molecule has 1 heterocycles. The molecule has 1 aromatic rings. The lowest BCUT2D eigenvalue weighted by molar-refractivity contribution is 0.119. The maximum absolute atomic E-state index is 10.4. The largest absolute Gasteiger partial charge is 0.508 e. The van der Waals surface area contributed by atoms with Gasteiger partial charge in [0.05, 0.1) is 0 Å². The fourth-order valence-electron chi connectivity index (χ4n) is 4.48. The minimum atomic E-state index is 0.412. The Labute approximate surface area is 128 Å². The third-order valence-electron chi connectivity index (χ3n) is 5.37. The molecule has 0 amide bonds. The van der Waals surface area contributed by atoms with Crippen molar-refractivity contribution in [1.82, 2.24) is 10.2 Å². The predicted molar refractivity (Wildman–Crippen MR) is 86.8 cm³/mol. The van der Waals surface area contributed by atoms with Crippen LogP contribution in [0.1, 0.15) is 54.8 Å². The van der Waals surface area contributed by atoms with Gasteiger partial charge in [-0.25, -0.2) is 0 Å². The van der Waals surface area contributed by atoms with Crippen molar-refractivity contribution in [3.63, 3.8) is 0 Å². The van der Waals surface area contributed by atoms with Crippen LogP contribution in [0.4, 0.5) is 0 Å². The average Bonchev–Trinajstić information content (AvgIpc) is 2.83. The number of likely N-dealkylation sites (tertiary alicyclic amines) is 1. The number of hydrogen-bond donors (Lipinski definition) is 2. The number of phenols is 1. The highest BCUT2D eigenvalue weighted by atomic mass is 16.3. The van der Waals surface area contributed by atoms with Crippen molar-refractivity contribution < 1.29 is 5.11 Å². The Morgan fingerprint density at radius 2 is 2.14 bits per heavy atom. The Bertz CT molecular complexity index is 512. The second-order valence-corrected chi connectivity index (χ2v) is 6.94. The Morgan fingerprint density at radius 1 is 1.33 bits per heavy atom. The van der Waals surface area contributed by atoms with Gasteiger partial charge in [0.25, 0.3) is 0 Å². The lowest BCUT2D eigenvalue weighted by Gasteiger charge is -2.37. The van der Waals surface area contributed by atoms with Crippen LogP contribution in [-0.2, 0) is 0 Å². The van der Waals surface area contributed by atoms with Gasteiger partial charge in [-0.15, -0.1) is 0 Å². The minimum Gasteiger partial charge on any atom is -0.508 e. The van der Waals surface area contributed by atoms with Gasteiger partial charge in [0.2, 0.25) is 0 Å². The van der Waals surface area contributed by atoms with Crippen LogP contribution in [0.25, 0.3) is 0 Å². The van der Waals surface area contributed by atoms with E-state index in [-0.39, 0.29) is 0 Å². The van der Waals surface area contributed by atoms with Crippen molar-refractivity contribution in [2.45, 2.75) is 45.1 Å². The molecule has 3 heteroatoms. The maximum Gasteiger partial charge on any atom is 0.120 e. The quantitative estimate of drug-likeness (QED) is 0.896. The first-order valence-electron chi connectivity index (χ1n) is 8.32. The first-order chi connectivity index (χ1) is 10.1. The van der Waals surface area contributed by atoms with Crippen LogP contribution in [0.5, 0.6) is 5.75 Å². The molecule has 116 valence electrons. The second kappa shape index (κ2) is 5.98. The molecule has 0 spiro atoms. The van der Waals surface area contributed by atoms with Gasteiger partial charge in [-0.3, -0.25) is 4.90 Å². The number of nitrogens with zero attached hydrogens (tertiary/aromatic N) is 1. The van der Waals surface area contributed by atoms with Gasteiger partial charge in [-0.1, -0.05) is 13.0 Å². The maximum atomic E-state index is 10.4. The fraction of sp³-hybridized carbons (Fsp3) is 0.667. The number of phenolic OH excluding ortho intramolecular Hbond substituents is 1. The minimum absolute atomic E-state index is 0.412. The molecule has 0 aromatic heterocycles. The fourth-order valence-corrected chi connectivity index (χ4v) is 4.48. The number of aryl methyl sites for hydroxylation is 1. The molecule has 0 saturated carbocycles. The summed E-state index contributed by atoms with van der Waals surface area (Å²) < 4.78 is 0. The summed E-state index contributed by atoms with van der Waals surface area (Å²) in [5, 5.41) is 13.7. The van der Waals surface area contributed by atoms with Gasteiger partial charge in [0, 0.05) is 18.2 Å². The van der Waals surface area contributed by atoms with Gasteiger partial charge in [0.1, 0.15) is 5.75 Å². The summed E-state index contributed by atoms with van der Waals surface area (Å²) in [6.07, 6.45) is 3.76. The molecule has 3 atom stereocenters. The number of fused-ring (bicyclic) bond motifs is 1. The van der Waals surface area contributed by atoms with Crippen LogP contribution in [0.2, 0.25) is 0 Å². The molecular weight excluding hydrogens is 260 g/mol. The predicted octanol–water partition coefficient (Wildman–Crippen LogP) is 3.18. The summed E-state index contributed by atoms with van der Waals surface area (Å²) in [5.41, 5.74) is 3.95. The Balaban J connectivity index is 1.87. The molecule has 1 aromatic carbocycles. The van der Waals surface area contributed by atoms with Crippen molar-refractivity contribution in [3.8, 4) is 5.75 Å². The average molecular weight is 288 g/mol. The normalized spacial score (nSPS) is 29.6.